The molecule has 2 aromatic heterocycles. The van der Waals surface area contributed by atoms with Gasteiger partial charge in [0.05, 0.1) is 6.33 Å². The largest absolute Gasteiger partial charge is 0.348 e. The lowest BCUT2D eigenvalue weighted by atomic mass is 9.63. The molecule has 4 atom stereocenters. The SMILES string of the molecule is CN(C)c1nc2c(ncn2[C@@H]2CC34C[C@@H](CC(=O)N3C)C[C@@H]24)c(=O)[nH]1. The molecule has 5 rings (SSSR count). The van der Waals surface area contributed by atoms with Crippen LogP contribution in [-0.2, 0) is 4.79 Å². The molecule has 0 aromatic carbocycles. The average molecular weight is 342 g/mol. The van der Waals surface area contributed by atoms with E-state index in [-0.39, 0.29) is 23.0 Å². The molecule has 1 N–H and O–H groups in total. The molecule has 2 bridgehead atoms. The molecule has 1 amide bonds. The minimum absolute atomic E-state index is 0.00678. The number of anilines is 1. The zero-order valence-electron chi connectivity index (χ0n) is 14.7. The monoisotopic (exact) mass is 342 g/mol. The second-order valence-corrected chi connectivity index (χ2v) is 8.05. The van der Waals surface area contributed by atoms with Gasteiger partial charge in [-0.2, -0.15) is 4.98 Å². The predicted molar refractivity (Wildman–Crippen MR) is 92.5 cm³/mol. The lowest BCUT2D eigenvalue weighted by Gasteiger charge is -2.57. The molecule has 1 aliphatic heterocycles. The Balaban J connectivity index is 1.58. The topological polar surface area (TPSA) is 87.1 Å². The fourth-order valence-corrected chi connectivity index (χ4v) is 5.38. The van der Waals surface area contributed by atoms with Gasteiger partial charge in [-0.05, 0) is 25.2 Å². The number of hydrogen-bond acceptors (Lipinski definition) is 5. The lowest BCUT2D eigenvalue weighted by Crippen LogP contribution is -2.63. The molecule has 3 heterocycles. The molecular weight excluding hydrogens is 320 g/mol. The van der Waals surface area contributed by atoms with Gasteiger partial charge < -0.3 is 14.4 Å². The number of hydrogen-bond donors (Lipinski definition) is 1. The first-order valence-corrected chi connectivity index (χ1v) is 8.81. The third-order valence-electron chi connectivity index (χ3n) is 6.65. The van der Waals surface area contributed by atoms with E-state index in [0.29, 0.717) is 35.4 Å². The van der Waals surface area contributed by atoms with Gasteiger partial charge in [-0.25, -0.2) is 4.98 Å². The van der Waals surface area contributed by atoms with Crippen LogP contribution in [0.15, 0.2) is 11.1 Å². The van der Waals surface area contributed by atoms with E-state index in [0.717, 1.165) is 19.3 Å². The first kappa shape index (κ1) is 14.9. The zero-order chi connectivity index (χ0) is 17.5. The van der Waals surface area contributed by atoms with Crippen molar-refractivity contribution in [2.45, 2.75) is 37.3 Å². The highest BCUT2D eigenvalue weighted by Crippen LogP contribution is 2.64. The molecule has 0 radical (unpaired) electrons. The first-order chi connectivity index (χ1) is 11.9. The van der Waals surface area contributed by atoms with Crippen molar-refractivity contribution in [1.82, 2.24) is 24.4 Å². The summed E-state index contributed by atoms with van der Waals surface area (Å²) in [5.41, 5.74) is 0.825. The van der Waals surface area contributed by atoms with Crippen LogP contribution in [0, 0.1) is 11.8 Å². The molecule has 2 saturated carbocycles. The highest BCUT2D eigenvalue weighted by molar-refractivity contribution is 5.79. The Labute approximate surface area is 144 Å². The normalized spacial score (nSPS) is 33.5. The highest BCUT2D eigenvalue weighted by atomic mass is 16.2. The van der Waals surface area contributed by atoms with Crippen molar-refractivity contribution in [3.8, 4) is 0 Å². The minimum Gasteiger partial charge on any atom is -0.348 e. The average Bonchev–Trinajstić information content (AvgIpc) is 3.07. The smallest absolute Gasteiger partial charge is 0.280 e. The number of nitrogens with zero attached hydrogens (tertiary/aromatic N) is 5. The van der Waals surface area contributed by atoms with Gasteiger partial charge >= 0.3 is 0 Å². The summed E-state index contributed by atoms with van der Waals surface area (Å²) in [4.78, 5) is 40.0. The van der Waals surface area contributed by atoms with Crippen LogP contribution in [0.3, 0.4) is 0 Å². The van der Waals surface area contributed by atoms with Gasteiger partial charge in [-0.1, -0.05) is 0 Å². The van der Waals surface area contributed by atoms with Gasteiger partial charge in [0.1, 0.15) is 0 Å². The maximum atomic E-state index is 12.3. The van der Waals surface area contributed by atoms with E-state index in [1.807, 2.05) is 26.0 Å². The van der Waals surface area contributed by atoms with Crippen LogP contribution in [0.5, 0.6) is 0 Å². The van der Waals surface area contributed by atoms with Crippen molar-refractivity contribution in [3.63, 3.8) is 0 Å². The molecule has 2 aliphatic carbocycles. The first-order valence-electron chi connectivity index (χ1n) is 8.81. The molecule has 1 spiro atoms. The fraction of sp³-hybridized carbons (Fsp3) is 0.647. The number of imidazole rings is 1. The molecule has 3 aliphatic rings. The third-order valence-corrected chi connectivity index (χ3v) is 6.65. The minimum atomic E-state index is -0.209. The van der Waals surface area contributed by atoms with E-state index in [1.54, 1.807) is 11.2 Å². The lowest BCUT2D eigenvalue weighted by molar-refractivity contribution is -0.149. The molecule has 8 nitrogen and oxygen atoms in total. The van der Waals surface area contributed by atoms with Crippen LogP contribution >= 0.6 is 0 Å². The maximum absolute atomic E-state index is 12.3. The number of fused-ring (bicyclic) bond motifs is 2. The molecule has 8 heteroatoms. The quantitative estimate of drug-likeness (QED) is 0.870. The van der Waals surface area contributed by atoms with Crippen molar-refractivity contribution < 1.29 is 4.79 Å². The molecule has 25 heavy (non-hydrogen) atoms. The number of amides is 1. The Morgan fingerprint density at radius 3 is 2.88 bits per heavy atom. The van der Waals surface area contributed by atoms with Crippen LogP contribution < -0.4 is 10.5 Å². The number of piperidine rings is 1. The van der Waals surface area contributed by atoms with Gasteiger partial charge in [0.25, 0.3) is 5.56 Å². The van der Waals surface area contributed by atoms with Crippen LogP contribution in [0.1, 0.15) is 31.7 Å². The number of aromatic nitrogens is 4. The Morgan fingerprint density at radius 1 is 1.32 bits per heavy atom. The summed E-state index contributed by atoms with van der Waals surface area (Å²) in [6, 6.07) is 0.257. The van der Waals surface area contributed by atoms with Gasteiger partial charge in [0, 0.05) is 45.1 Å². The van der Waals surface area contributed by atoms with Crippen molar-refractivity contribution >= 4 is 23.0 Å². The number of carbonyl (C=O) groups excluding carboxylic acids is 1. The maximum Gasteiger partial charge on any atom is 0.280 e. The molecule has 2 aromatic rings. The van der Waals surface area contributed by atoms with Gasteiger partial charge in [0.15, 0.2) is 11.2 Å². The van der Waals surface area contributed by atoms with Gasteiger partial charge in [-0.3, -0.25) is 14.6 Å². The Hall–Kier alpha value is -2.38. The Bertz CT molecular complexity index is 946. The van der Waals surface area contributed by atoms with E-state index in [4.69, 9.17) is 0 Å². The second kappa shape index (κ2) is 4.62. The van der Waals surface area contributed by atoms with Gasteiger partial charge in [0.2, 0.25) is 11.9 Å². The van der Waals surface area contributed by atoms with E-state index in [9.17, 15) is 9.59 Å². The summed E-state index contributed by atoms with van der Waals surface area (Å²) in [7, 11) is 5.65. The van der Waals surface area contributed by atoms with Crippen LogP contribution in [0.2, 0.25) is 0 Å². The molecule has 3 fully saturated rings. The van der Waals surface area contributed by atoms with Crippen molar-refractivity contribution in [3.05, 3.63) is 16.7 Å². The standard InChI is InChI=1S/C17H22N6O2/c1-21(2)16-19-14-13(15(25)20-16)18-8-23(14)11-7-17-6-9(4-10(11)17)5-12(24)22(17)3/h8-11H,4-7H2,1-3H3,(H,19,20,25)/t9-,10+,11-,17?/m1/s1. The number of aromatic amines is 1. The summed E-state index contributed by atoms with van der Waals surface area (Å²) in [5, 5.41) is 0. The van der Waals surface area contributed by atoms with E-state index in [2.05, 4.69) is 19.5 Å². The van der Waals surface area contributed by atoms with E-state index < -0.39 is 0 Å². The molecule has 1 unspecified atom stereocenters. The second-order valence-electron chi connectivity index (χ2n) is 8.05. The Morgan fingerprint density at radius 2 is 2.12 bits per heavy atom. The number of carbonyl (C=O) groups is 1. The van der Waals surface area contributed by atoms with Crippen LogP contribution in [0.25, 0.3) is 11.2 Å². The summed E-state index contributed by atoms with van der Waals surface area (Å²) in [6.07, 6.45) is 5.53. The number of rotatable bonds is 2. The predicted octanol–water partition coefficient (Wildman–Crippen LogP) is 0.758. The zero-order valence-corrected chi connectivity index (χ0v) is 14.7. The van der Waals surface area contributed by atoms with Crippen LogP contribution in [0.4, 0.5) is 5.95 Å². The molecule has 1 saturated heterocycles. The summed E-state index contributed by atoms with van der Waals surface area (Å²) in [6.45, 7) is 0. The third kappa shape index (κ3) is 1.77. The number of likely N-dealkylation sites (tertiary alicyclic amines) is 1. The number of nitrogens with one attached hydrogen (secondary N) is 1. The van der Waals surface area contributed by atoms with E-state index in [1.165, 1.54) is 0 Å². The van der Waals surface area contributed by atoms with Crippen LogP contribution in [-0.4, -0.2) is 57.0 Å². The molecule has 132 valence electrons. The molecular formula is C17H22N6O2. The van der Waals surface area contributed by atoms with Crippen molar-refractivity contribution in [1.29, 1.82) is 0 Å². The van der Waals surface area contributed by atoms with Gasteiger partial charge in [-0.15, -0.1) is 0 Å². The summed E-state index contributed by atoms with van der Waals surface area (Å²) < 4.78 is 2.06. The highest BCUT2D eigenvalue weighted by Gasteiger charge is 2.65. The number of H-pyrrole nitrogens is 1. The summed E-state index contributed by atoms with van der Waals surface area (Å²) in [5.74, 6) is 1.74. The Kier molecular flexibility index (Phi) is 2.76. The summed E-state index contributed by atoms with van der Waals surface area (Å²) >= 11 is 0. The van der Waals surface area contributed by atoms with Crippen molar-refractivity contribution in [2.75, 3.05) is 26.0 Å². The fourth-order valence-electron chi connectivity index (χ4n) is 5.38. The van der Waals surface area contributed by atoms with E-state index >= 15 is 0 Å². The van der Waals surface area contributed by atoms with Crippen molar-refractivity contribution in [2.24, 2.45) is 11.8 Å².